The lowest BCUT2D eigenvalue weighted by Gasteiger charge is -2.31. The van der Waals surface area contributed by atoms with E-state index in [-0.39, 0.29) is 23.6 Å². The molecule has 3 aromatic rings. The van der Waals surface area contributed by atoms with E-state index in [9.17, 15) is 9.59 Å². The molecule has 1 aliphatic heterocycles. The monoisotopic (exact) mass is 403 g/mol. The van der Waals surface area contributed by atoms with Crippen molar-refractivity contribution in [2.75, 3.05) is 13.1 Å². The Kier molecular flexibility index (Phi) is 6.23. The molecule has 0 bridgehead atoms. The molecule has 0 atom stereocenters. The van der Waals surface area contributed by atoms with Crippen LogP contribution in [0.15, 0.2) is 71.3 Å². The number of carbonyl (C=O) groups is 2. The van der Waals surface area contributed by atoms with Crippen LogP contribution in [0.25, 0.3) is 11.3 Å². The smallest absolute Gasteiger partial charge is 0.292 e. The number of likely N-dealkylation sites (tertiary alicyclic amines) is 1. The van der Waals surface area contributed by atoms with Crippen LogP contribution in [-0.4, -0.2) is 41.0 Å². The summed E-state index contributed by atoms with van der Waals surface area (Å²) in [6.45, 7) is 1.17. The highest BCUT2D eigenvalue weighted by Crippen LogP contribution is 2.21. The Balaban J connectivity index is 1.25. The molecule has 6 heteroatoms. The van der Waals surface area contributed by atoms with E-state index < -0.39 is 0 Å². The molecule has 1 aliphatic rings. The maximum atomic E-state index is 12.7. The van der Waals surface area contributed by atoms with Crippen molar-refractivity contribution >= 4 is 11.8 Å². The molecule has 0 unspecified atom stereocenters. The van der Waals surface area contributed by atoms with Gasteiger partial charge in [-0.05, 0) is 24.8 Å². The number of nitrogens with one attached hydrogen (secondary N) is 1. The molecule has 4 rings (SSSR count). The molecule has 2 aromatic carbocycles. The lowest BCUT2D eigenvalue weighted by molar-refractivity contribution is -0.122. The van der Waals surface area contributed by atoms with E-state index in [1.807, 2.05) is 60.7 Å². The van der Waals surface area contributed by atoms with Crippen molar-refractivity contribution in [2.45, 2.75) is 31.7 Å². The SMILES string of the molecule is O=C(CCc1ccccc1)NC1CCN(C(=O)c2cc(-c3ccccc3)no2)CC1. The first kappa shape index (κ1) is 19.9. The van der Waals surface area contributed by atoms with E-state index in [0.29, 0.717) is 25.2 Å². The topological polar surface area (TPSA) is 75.4 Å². The van der Waals surface area contributed by atoms with Gasteiger partial charge in [0.15, 0.2) is 0 Å². The summed E-state index contributed by atoms with van der Waals surface area (Å²) in [5.41, 5.74) is 2.73. The summed E-state index contributed by atoms with van der Waals surface area (Å²) in [4.78, 5) is 26.7. The van der Waals surface area contributed by atoms with Gasteiger partial charge in [0, 0.05) is 37.2 Å². The Morgan fingerprint density at radius 3 is 2.37 bits per heavy atom. The summed E-state index contributed by atoms with van der Waals surface area (Å²) in [6.07, 6.45) is 2.69. The Bertz CT molecular complexity index is 977. The highest BCUT2D eigenvalue weighted by Gasteiger charge is 2.27. The molecule has 1 saturated heterocycles. The summed E-state index contributed by atoms with van der Waals surface area (Å²) in [6, 6.07) is 21.4. The molecular formula is C24H25N3O3. The van der Waals surface area contributed by atoms with E-state index in [0.717, 1.165) is 30.4 Å². The van der Waals surface area contributed by atoms with Gasteiger partial charge in [-0.1, -0.05) is 65.8 Å². The summed E-state index contributed by atoms with van der Waals surface area (Å²) >= 11 is 0. The molecule has 1 aromatic heterocycles. The fraction of sp³-hybridized carbons (Fsp3) is 0.292. The summed E-state index contributed by atoms with van der Waals surface area (Å²) in [5.74, 6) is 0.157. The van der Waals surface area contributed by atoms with Crippen LogP contribution in [0.1, 0.15) is 35.4 Å². The van der Waals surface area contributed by atoms with E-state index >= 15 is 0 Å². The molecule has 2 heterocycles. The number of nitrogens with zero attached hydrogens (tertiary/aromatic N) is 2. The van der Waals surface area contributed by atoms with Crippen molar-refractivity contribution in [1.29, 1.82) is 0 Å². The number of piperidine rings is 1. The standard InChI is InChI=1S/C24H25N3O3/c28-23(12-11-18-7-3-1-4-8-18)25-20-13-15-27(16-14-20)24(29)22-17-21(26-30-22)19-9-5-2-6-10-19/h1-10,17,20H,11-16H2,(H,25,28). The Labute approximate surface area is 175 Å². The van der Waals surface area contributed by atoms with Gasteiger partial charge in [-0.2, -0.15) is 0 Å². The minimum absolute atomic E-state index is 0.0615. The number of benzene rings is 2. The molecule has 154 valence electrons. The van der Waals surface area contributed by atoms with Crippen molar-refractivity contribution in [3.63, 3.8) is 0 Å². The molecule has 0 radical (unpaired) electrons. The van der Waals surface area contributed by atoms with Crippen molar-refractivity contribution in [1.82, 2.24) is 15.4 Å². The number of carbonyl (C=O) groups excluding carboxylic acids is 2. The largest absolute Gasteiger partial charge is 0.353 e. The van der Waals surface area contributed by atoms with Gasteiger partial charge in [0.2, 0.25) is 11.7 Å². The molecule has 30 heavy (non-hydrogen) atoms. The molecule has 1 N–H and O–H groups in total. The molecule has 2 amide bonds. The van der Waals surface area contributed by atoms with Crippen LogP contribution < -0.4 is 5.32 Å². The molecule has 0 aliphatic carbocycles. The lowest BCUT2D eigenvalue weighted by atomic mass is 10.0. The van der Waals surface area contributed by atoms with E-state index in [1.165, 1.54) is 0 Å². The van der Waals surface area contributed by atoms with Gasteiger partial charge in [0.1, 0.15) is 5.69 Å². The van der Waals surface area contributed by atoms with Crippen LogP contribution in [0.2, 0.25) is 0 Å². The second-order valence-electron chi connectivity index (χ2n) is 7.56. The number of hydrogen-bond donors (Lipinski definition) is 1. The zero-order chi connectivity index (χ0) is 20.8. The van der Waals surface area contributed by atoms with Crippen LogP contribution >= 0.6 is 0 Å². The summed E-state index contributed by atoms with van der Waals surface area (Å²) < 4.78 is 5.29. The minimum atomic E-state index is -0.154. The van der Waals surface area contributed by atoms with Crippen LogP contribution in [0.5, 0.6) is 0 Å². The van der Waals surface area contributed by atoms with E-state index in [2.05, 4.69) is 10.5 Å². The van der Waals surface area contributed by atoms with Crippen molar-refractivity contribution in [3.05, 3.63) is 78.1 Å². The van der Waals surface area contributed by atoms with E-state index in [4.69, 9.17) is 4.52 Å². The van der Waals surface area contributed by atoms with Crippen LogP contribution in [-0.2, 0) is 11.2 Å². The number of aryl methyl sites for hydroxylation is 1. The summed E-state index contributed by atoms with van der Waals surface area (Å²) in [5, 5.41) is 7.12. The highest BCUT2D eigenvalue weighted by molar-refractivity contribution is 5.92. The average Bonchev–Trinajstić information content (AvgIpc) is 3.29. The molecule has 1 fully saturated rings. The minimum Gasteiger partial charge on any atom is -0.353 e. The second-order valence-corrected chi connectivity index (χ2v) is 7.56. The molecule has 6 nitrogen and oxygen atoms in total. The maximum Gasteiger partial charge on any atom is 0.292 e. The van der Waals surface area contributed by atoms with Crippen LogP contribution in [0.3, 0.4) is 0 Å². The number of amides is 2. The Morgan fingerprint density at radius 2 is 1.67 bits per heavy atom. The number of aromatic nitrogens is 1. The van der Waals surface area contributed by atoms with Crippen molar-refractivity contribution in [3.8, 4) is 11.3 Å². The van der Waals surface area contributed by atoms with Crippen LogP contribution in [0, 0.1) is 0 Å². The van der Waals surface area contributed by atoms with Crippen molar-refractivity contribution < 1.29 is 14.1 Å². The number of rotatable bonds is 6. The zero-order valence-corrected chi connectivity index (χ0v) is 16.8. The van der Waals surface area contributed by atoms with Gasteiger partial charge in [0.05, 0.1) is 0 Å². The van der Waals surface area contributed by atoms with Gasteiger partial charge in [0.25, 0.3) is 5.91 Å². The van der Waals surface area contributed by atoms with Crippen LogP contribution in [0.4, 0.5) is 0 Å². The Morgan fingerprint density at radius 1 is 1.00 bits per heavy atom. The average molecular weight is 403 g/mol. The first-order chi connectivity index (χ1) is 14.7. The van der Waals surface area contributed by atoms with Gasteiger partial charge in [-0.25, -0.2) is 0 Å². The predicted molar refractivity (Wildman–Crippen MR) is 114 cm³/mol. The Hall–Kier alpha value is -3.41. The quantitative estimate of drug-likeness (QED) is 0.681. The fourth-order valence-corrected chi connectivity index (χ4v) is 3.71. The first-order valence-electron chi connectivity index (χ1n) is 10.3. The molecule has 0 saturated carbocycles. The maximum absolute atomic E-state index is 12.7. The zero-order valence-electron chi connectivity index (χ0n) is 16.8. The molecule has 0 spiro atoms. The third-order valence-corrected chi connectivity index (χ3v) is 5.42. The lowest BCUT2D eigenvalue weighted by Crippen LogP contribution is -2.46. The van der Waals surface area contributed by atoms with Gasteiger partial charge < -0.3 is 14.7 Å². The van der Waals surface area contributed by atoms with Crippen molar-refractivity contribution in [2.24, 2.45) is 0 Å². The highest BCUT2D eigenvalue weighted by atomic mass is 16.5. The first-order valence-corrected chi connectivity index (χ1v) is 10.3. The predicted octanol–water partition coefficient (Wildman–Crippen LogP) is 3.70. The number of hydrogen-bond acceptors (Lipinski definition) is 4. The third-order valence-electron chi connectivity index (χ3n) is 5.42. The normalized spacial score (nSPS) is 14.5. The van der Waals surface area contributed by atoms with Gasteiger partial charge in [-0.15, -0.1) is 0 Å². The molecular weight excluding hydrogens is 378 g/mol. The van der Waals surface area contributed by atoms with E-state index in [1.54, 1.807) is 11.0 Å². The van der Waals surface area contributed by atoms with Gasteiger partial charge in [-0.3, -0.25) is 9.59 Å². The third kappa shape index (κ3) is 4.95. The second kappa shape index (κ2) is 9.39. The fourth-order valence-electron chi connectivity index (χ4n) is 3.71. The van der Waals surface area contributed by atoms with Gasteiger partial charge >= 0.3 is 0 Å². The summed E-state index contributed by atoms with van der Waals surface area (Å²) in [7, 11) is 0.